The van der Waals surface area contributed by atoms with Crippen LogP contribution >= 0.6 is 0 Å². The van der Waals surface area contributed by atoms with E-state index in [1.807, 2.05) is 24.3 Å². The van der Waals surface area contributed by atoms with Crippen LogP contribution in [0.3, 0.4) is 0 Å². The SMILES string of the molecule is O=CCCc1cccc(-n2cncn2)c1. The summed E-state index contributed by atoms with van der Waals surface area (Å²) in [6, 6.07) is 7.93. The highest BCUT2D eigenvalue weighted by atomic mass is 16.1. The predicted molar refractivity (Wildman–Crippen MR) is 55.7 cm³/mol. The molecular weight excluding hydrogens is 190 g/mol. The molecule has 4 nitrogen and oxygen atoms in total. The lowest BCUT2D eigenvalue weighted by atomic mass is 10.1. The number of aromatic nitrogens is 3. The summed E-state index contributed by atoms with van der Waals surface area (Å²) in [5, 5.41) is 4.04. The Morgan fingerprint density at radius 1 is 1.40 bits per heavy atom. The molecule has 0 radical (unpaired) electrons. The fourth-order valence-corrected chi connectivity index (χ4v) is 1.42. The minimum atomic E-state index is 0.556. The molecule has 0 N–H and O–H groups in total. The van der Waals surface area contributed by atoms with Gasteiger partial charge in [-0.05, 0) is 24.1 Å². The predicted octanol–water partition coefficient (Wildman–Crippen LogP) is 1.40. The van der Waals surface area contributed by atoms with Gasteiger partial charge in [-0.25, -0.2) is 9.67 Å². The average Bonchev–Trinajstić information content (AvgIpc) is 2.80. The van der Waals surface area contributed by atoms with E-state index < -0.39 is 0 Å². The van der Waals surface area contributed by atoms with E-state index in [0.29, 0.717) is 6.42 Å². The zero-order valence-electron chi connectivity index (χ0n) is 8.21. The van der Waals surface area contributed by atoms with E-state index in [9.17, 15) is 4.79 Å². The highest BCUT2D eigenvalue weighted by Gasteiger charge is 1.98. The van der Waals surface area contributed by atoms with Crippen LogP contribution in [0.4, 0.5) is 0 Å². The van der Waals surface area contributed by atoms with Gasteiger partial charge in [-0.15, -0.1) is 0 Å². The summed E-state index contributed by atoms with van der Waals surface area (Å²) in [6.07, 6.45) is 5.41. The van der Waals surface area contributed by atoms with E-state index in [1.54, 1.807) is 11.0 Å². The minimum absolute atomic E-state index is 0.556. The fraction of sp³-hybridized carbons (Fsp3) is 0.182. The van der Waals surface area contributed by atoms with Crippen molar-refractivity contribution in [2.45, 2.75) is 12.8 Å². The van der Waals surface area contributed by atoms with Gasteiger partial charge in [-0.1, -0.05) is 12.1 Å². The zero-order valence-corrected chi connectivity index (χ0v) is 8.21. The molecule has 0 fully saturated rings. The standard InChI is InChI=1S/C11H11N3O/c15-6-2-4-10-3-1-5-11(7-10)14-9-12-8-13-14/h1,3,5-9H,2,4H2. The Labute approximate surface area is 87.6 Å². The van der Waals surface area contributed by atoms with Crippen molar-refractivity contribution in [3.8, 4) is 5.69 Å². The van der Waals surface area contributed by atoms with E-state index in [4.69, 9.17) is 0 Å². The first-order valence-electron chi connectivity index (χ1n) is 4.78. The molecule has 0 bridgehead atoms. The monoisotopic (exact) mass is 201 g/mol. The molecule has 0 saturated heterocycles. The van der Waals surface area contributed by atoms with Gasteiger partial charge in [0.25, 0.3) is 0 Å². The molecule has 0 unspecified atom stereocenters. The maximum absolute atomic E-state index is 10.3. The Morgan fingerprint density at radius 3 is 3.07 bits per heavy atom. The number of hydrogen-bond acceptors (Lipinski definition) is 3. The molecule has 1 aromatic heterocycles. The molecule has 0 saturated carbocycles. The Bertz CT molecular complexity index is 437. The molecule has 0 aliphatic rings. The molecule has 2 aromatic rings. The van der Waals surface area contributed by atoms with Gasteiger partial charge in [0.15, 0.2) is 0 Å². The smallest absolute Gasteiger partial charge is 0.138 e. The molecule has 0 atom stereocenters. The van der Waals surface area contributed by atoms with Crippen LogP contribution in [0.1, 0.15) is 12.0 Å². The first kappa shape index (κ1) is 9.58. The Morgan fingerprint density at radius 2 is 2.33 bits per heavy atom. The van der Waals surface area contributed by atoms with Crippen molar-refractivity contribution in [2.75, 3.05) is 0 Å². The van der Waals surface area contributed by atoms with Gasteiger partial charge in [0.05, 0.1) is 5.69 Å². The van der Waals surface area contributed by atoms with E-state index in [0.717, 1.165) is 24.0 Å². The van der Waals surface area contributed by atoms with Gasteiger partial charge < -0.3 is 4.79 Å². The second-order valence-electron chi connectivity index (χ2n) is 3.22. The van der Waals surface area contributed by atoms with E-state index in [1.165, 1.54) is 6.33 Å². The highest BCUT2D eigenvalue weighted by molar-refractivity contribution is 5.50. The number of hydrogen-bond donors (Lipinski definition) is 0. The molecule has 0 spiro atoms. The van der Waals surface area contributed by atoms with Crippen molar-refractivity contribution in [3.05, 3.63) is 42.5 Å². The lowest BCUT2D eigenvalue weighted by Gasteiger charge is -2.02. The van der Waals surface area contributed by atoms with Gasteiger partial charge in [0, 0.05) is 6.42 Å². The van der Waals surface area contributed by atoms with Crippen molar-refractivity contribution in [1.82, 2.24) is 14.8 Å². The van der Waals surface area contributed by atoms with E-state index >= 15 is 0 Å². The number of rotatable bonds is 4. The van der Waals surface area contributed by atoms with Crippen LogP contribution in [0.2, 0.25) is 0 Å². The summed E-state index contributed by atoms with van der Waals surface area (Å²) in [6.45, 7) is 0. The number of aldehydes is 1. The lowest BCUT2D eigenvalue weighted by Crippen LogP contribution is -1.95. The number of carbonyl (C=O) groups is 1. The average molecular weight is 201 g/mol. The molecule has 0 aliphatic heterocycles. The largest absolute Gasteiger partial charge is 0.303 e. The lowest BCUT2D eigenvalue weighted by molar-refractivity contribution is -0.107. The number of carbonyl (C=O) groups excluding carboxylic acids is 1. The Hall–Kier alpha value is -1.97. The number of benzene rings is 1. The number of nitrogens with zero attached hydrogens (tertiary/aromatic N) is 3. The Balaban J connectivity index is 2.23. The topological polar surface area (TPSA) is 47.8 Å². The second kappa shape index (κ2) is 4.50. The third kappa shape index (κ3) is 2.28. The quantitative estimate of drug-likeness (QED) is 0.702. The molecule has 76 valence electrons. The molecule has 4 heteroatoms. The van der Waals surface area contributed by atoms with E-state index in [-0.39, 0.29) is 0 Å². The van der Waals surface area contributed by atoms with Gasteiger partial charge >= 0.3 is 0 Å². The van der Waals surface area contributed by atoms with Gasteiger partial charge in [-0.3, -0.25) is 0 Å². The third-order valence-corrected chi connectivity index (χ3v) is 2.14. The zero-order chi connectivity index (χ0) is 10.5. The Kier molecular flexibility index (Phi) is 2.88. The molecular formula is C11H11N3O. The van der Waals surface area contributed by atoms with Crippen LogP contribution in [0.5, 0.6) is 0 Å². The van der Waals surface area contributed by atoms with Crippen LogP contribution in [0.15, 0.2) is 36.9 Å². The number of aryl methyl sites for hydroxylation is 1. The van der Waals surface area contributed by atoms with Gasteiger partial charge in [0.2, 0.25) is 0 Å². The summed E-state index contributed by atoms with van der Waals surface area (Å²) >= 11 is 0. The first-order chi connectivity index (χ1) is 7.40. The van der Waals surface area contributed by atoms with Crippen LogP contribution < -0.4 is 0 Å². The third-order valence-electron chi connectivity index (χ3n) is 2.14. The van der Waals surface area contributed by atoms with Gasteiger partial charge in [-0.2, -0.15) is 5.10 Å². The molecule has 0 aliphatic carbocycles. The maximum Gasteiger partial charge on any atom is 0.138 e. The van der Waals surface area contributed by atoms with Crippen molar-refractivity contribution >= 4 is 6.29 Å². The van der Waals surface area contributed by atoms with Crippen molar-refractivity contribution in [3.63, 3.8) is 0 Å². The first-order valence-corrected chi connectivity index (χ1v) is 4.78. The van der Waals surface area contributed by atoms with Crippen molar-refractivity contribution in [1.29, 1.82) is 0 Å². The summed E-state index contributed by atoms with van der Waals surface area (Å²) < 4.78 is 1.70. The second-order valence-corrected chi connectivity index (χ2v) is 3.22. The molecule has 1 aromatic carbocycles. The summed E-state index contributed by atoms with van der Waals surface area (Å²) in [7, 11) is 0. The molecule has 15 heavy (non-hydrogen) atoms. The summed E-state index contributed by atoms with van der Waals surface area (Å²) in [5.74, 6) is 0. The molecule has 0 amide bonds. The van der Waals surface area contributed by atoms with Crippen LogP contribution in [0.25, 0.3) is 5.69 Å². The van der Waals surface area contributed by atoms with Crippen molar-refractivity contribution in [2.24, 2.45) is 0 Å². The van der Waals surface area contributed by atoms with Crippen LogP contribution in [-0.4, -0.2) is 21.1 Å². The molecule has 1 heterocycles. The van der Waals surface area contributed by atoms with Crippen molar-refractivity contribution < 1.29 is 4.79 Å². The summed E-state index contributed by atoms with van der Waals surface area (Å²) in [5.41, 5.74) is 2.10. The van der Waals surface area contributed by atoms with Gasteiger partial charge in [0.1, 0.15) is 18.9 Å². The normalized spacial score (nSPS) is 10.1. The minimum Gasteiger partial charge on any atom is -0.303 e. The van der Waals surface area contributed by atoms with E-state index in [2.05, 4.69) is 10.1 Å². The maximum atomic E-state index is 10.3. The van der Waals surface area contributed by atoms with Crippen LogP contribution in [0, 0.1) is 0 Å². The summed E-state index contributed by atoms with van der Waals surface area (Å²) in [4.78, 5) is 14.2. The fourth-order valence-electron chi connectivity index (χ4n) is 1.42. The molecule has 2 rings (SSSR count). The van der Waals surface area contributed by atoms with Crippen LogP contribution in [-0.2, 0) is 11.2 Å². The highest BCUT2D eigenvalue weighted by Crippen LogP contribution is 2.10.